The first-order valence-corrected chi connectivity index (χ1v) is 8.82. The van der Waals surface area contributed by atoms with E-state index in [2.05, 4.69) is 6.58 Å². The molecule has 1 heterocycles. The molecule has 0 saturated carbocycles. The van der Waals surface area contributed by atoms with Crippen LogP contribution in [0.3, 0.4) is 0 Å². The van der Waals surface area contributed by atoms with E-state index < -0.39 is 12.1 Å². The van der Waals surface area contributed by atoms with Crippen molar-refractivity contribution in [2.24, 2.45) is 0 Å². The zero-order valence-electron chi connectivity index (χ0n) is 14.4. The molecule has 1 aliphatic rings. The minimum atomic E-state index is -0.465. The van der Waals surface area contributed by atoms with Gasteiger partial charge in [-0.15, -0.1) is 6.58 Å². The number of rotatable bonds is 11. The lowest BCUT2D eigenvalue weighted by atomic mass is 10.1. The van der Waals surface area contributed by atoms with E-state index in [1.165, 1.54) is 44.1 Å². The number of esters is 1. The Kier molecular flexibility index (Phi) is 10.2. The molecule has 0 aliphatic carbocycles. The van der Waals surface area contributed by atoms with E-state index in [1.807, 2.05) is 6.08 Å². The number of hydrogen-bond acceptors (Lipinski definition) is 4. The van der Waals surface area contributed by atoms with Crippen molar-refractivity contribution >= 4 is 12.1 Å². The third-order valence-electron chi connectivity index (χ3n) is 4.23. The van der Waals surface area contributed by atoms with Crippen LogP contribution in [0.2, 0.25) is 0 Å². The highest BCUT2D eigenvalue weighted by Gasteiger charge is 2.35. The Bertz CT molecular complexity index is 370. The smallest absolute Gasteiger partial charge is 0.410 e. The molecular formula is C18H31NO4. The maximum Gasteiger partial charge on any atom is 0.410 e. The summed E-state index contributed by atoms with van der Waals surface area (Å²) in [5.41, 5.74) is 0. The van der Waals surface area contributed by atoms with Crippen LogP contribution in [-0.4, -0.2) is 43.3 Å². The van der Waals surface area contributed by atoms with Gasteiger partial charge in [0.1, 0.15) is 6.04 Å². The van der Waals surface area contributed by atoms with E-state index >= 15 is 0 Å². The third-order valence-corrected chi connectivity index (χ3v) is 4.23. The molecule has 1 fully saturated rings. The zero-order valence-corrected chi connectivity index (χ0v) is 14.4. The summed E-state index contributed by atoms with van der Waals surface area (Å²) in [7, 11) is 1.33. The zero-order chi connectivity index (χ0) is 16.9. The largest absolute Gasteiger partial charge is 0.464 e. The van der Waals surface area contributed by atoms with Gasteiger partial charge in [-0.25, -0.2) is 9.59 Å². The number of unbranched alkanes of at least 4 members (excludes halogenated alkanes) is 7. The fourth-order valence-electron chi connectivity index (χ4n) is 2.89. The highest BCUT2D eigenvalue weighted by molar-refractivity contribution is 5.82. The Labute approximate surface area is 140 Å². The Balaban J connectivity index is 2.03. The Morgan fingerprint density at radius 3 is 2.43 bits per heavy atom. The number of carbonyl (C=O) groups is 2. The van der Waals surface area contributed by atoms with Gasteiger partial charge >= 0.3 is 12.1 Å². The molecule has 23 heavy (non-hydrogen) atoms. The molecule has 0 aromatic carbocycles. The monoisotopic (exact) mass is 325 g/mol. The topological polar surface area (TPSA) is 55.8 Å². The number of carbonyl (C=O) groups excluding carboxylic acids is 2. The van der Waals surface area contributed by atoms with Gasteiger partial charge in [0.2, 0.25) is 0 Å². The van der Waals surface area contributed by atoms with E-state index in [9.17, 15) is 9.59 Å². The minimum absolute atomic E-state index is 0.294. The average Bonchev–Trinajstić information content (AvgIpc) is 3.05. The fraction of sp³-hybridized carbons (Fsp3) is 0.778. The van der Waals surface area contributed by atoms with E-state index in [-0.39, 0.29) is 5.97 Å². The van der Waals surface area contributed by atoms with E-state index in [4.69, 9.17) is 9.47 Å². The molecule has 132 valence electrons. The molecule has 1 atom stereocenters. The highest BCUT2D eigenvalue weighted by Crippen LogP contribution is 2.19. The van der Waals surface area contributed by atoms with Crippen LogP contribution in [0, 0.1) is 0 Å². The van der Waals surface area contributed by atoms with Crippen LogP contribution < -0.4 is 0 Å². The predicted octanol–water partition coefficient (Wildman–Crippen LogP) is 4.07. The van der Waals surface area contributed by atoms with Crippen LogP contribution >= 0.6 is 0 Å². The highest BCUT2D eigenvalue weighted by atomic mass is 16.6. The molecule has 1 amide bonds. The number of ether oxygens (including phenoxy) is 2. The summed E-state index contributed by atoms with van der Waals surface area (Å²) in [6, 6.07) is -0.465. The first-order chi connectivity index (χ1) is 11.2. The molecule has 1 aliphatic heterocycles. The third kappa shape index (κ3) is 7.53. The number of methoxy groups -OCH3 is 1. The lowest BCUT2D eigenvalue weighted by Gasteiger charge is -2.21. The van der Waals surface area contributed by atoms with Crippen molar-refractivity contribution in [3.05, 3.63) is 12.7 Å². The lowest BCUT2D eigenvalue weighted by Crippen LogP contribution is -2.41. The fourth-order valence-corrected chi connectivity index (χ4v) is 2.89. The molecule has 0 aromatic rings. The summed E-state index contributed by atoms with van der Waals surface area (Å²) in [5, 5.41) is 0. The van der Waals surface area contributed by atoms with Crippen molar-refractivity contribution in [1.29, 1.82) is 0 Å². The minimum Gasteiger partial charge on any atom is -0.464 e. The summed E-state index contributed by atoms with van der Waals surface area (Å²) in [6.45, 7) is 4.73. The van der Waals surface area contributed by atoms with Crippen LogP contribution in [0.1, 0.15) is 64.2 Å². The lowest BCUT2D eigenvalue weighted by molar-refractivity contribution is -0.148. The number of nitrogens with zero attached hydrogens (tertiary/aromatic N) is 1. The Hall–Kier alpha value is -1.52. The van der Waals surface area contributed by atoms with Crippen LogP contribution in [0.5, 0.6) is 0 Å². The van der Waals surface area contributed by atoms with Gasteiger partial charge in [0.15, 0.2) is 0 Å². The van der Waals surface area contributed by atoms with Crippen molar-refractivity contribution in [2.75, 3.05) is 20.3 Å². The summed E-state index contributed by atoms with van der Waals surface area (Å²) < 4.78 is 10.0. The van der Waals surface area contributed by atoms with Gasteiger partial charge in [0, 0.05) is 6.54 Å². The second-order valence-corrected chi connectivity index (χ2v) is 6.04. The van der Waals surface area contributed by atoms with Crippen molar-refractivity contribution in [2.45, 2.75) is 70.3 Å². The average molecular weight is 325 g/mol. The van der Waals surface area contributed by atoms with E-state index in [1.54, 1.807) is 0 Å². The van der Waals surface area contributed by atoms with Crippen molar-refractivity contribution in [3.63, 3.8) is 0 Å². The normalized spacial score (nSPS) is 17.1. The van der Waals surface area contributed by atoms with Gasteiger partial charge in [-0.05, 0) is 32.1 Å². The molecule has 0 bridgehead atoms. The number of hydrogen-bond donors (Lipinski definition) is 0. The first-order valence-electron chi connectivity index (χ1n) is 8.82. The standard InChI is InChI=1S/C18H31NO4/c1-3-4-5-6-7-8-9-10-11-15-23-17(20)16-13-12-14-19(16)18(21)22-2/h3,16H,1,4-15H2,2H3/t16-/m0/s1. The van der Waals surface area contributed by atoms with Gasteiger partial charge < -0.3 is 9.47 Å². The maximum absolute atomic E-state index is 12.0. The second kappa shape index (κ2) is 12.0. The Morgan fingerprint density at radius 2 is 1.78 bits per heavy atom. The van der Waals surface area contributed by atoms with Crippen LogP contribution in [0.15, 0.2) is 12.7 Å². The molecule has 1 saturated heterocycles. The molecule has 5 nitrogen and oxygen atoms in total. The molecule has 0 aromatic heterocycles. The molecular weight excluding hydrogens is 294 g/mol. The summed E-state index contributed by atoms with van der Waals surface area (Å²) >= 11 is 0. The van der Waals surface area contributed by atoms with Gasteiger partial charge in [0.05, 0.1) is 13.7 Å². The summed E-state index contributed by atoms with van der Waals surface area (Å²) in [4.78, 5) is 25.1. The summed E-state index contributed by atoms with van der Waals surface area (Å²) in [6.07, 6.45) is 12.3. The van der Waals surface area contributed by atoms with Gasteiger partial charge in [-0.3, -0.25) is 4.90 Å². The molecule has 1 rings (SSSR count). The quantitative estimate of drug-likeness (QED) is 0.326. The van der Waals surface area contributed by atoms with Crippen LogP contribution in [0.25, 0.3) is 0 Å². The second-order valence-electron chi connectivity index (χ2n) is 6.04. The number of likely N-dealkylation sites (tertiary alicyclic amines) is 1. The Morgan fingerprint density at radius 1 is 1.13 bits per heavy atom. The van der Waals surface area contributed by atoms with E-state index in [0.29, 0.717) is 19.6 Å². The summed E-state index contributed by atoms with van der Waals surface area (Å²) in [5.74, 6) is -0.294. The van der Waals surface area contributed by atoms with Crippen molar-refractivity contribution in [1.82, 2.24) is 4.90 Å². The molecule has 0 unspecified atom stereocenters. The van der Waals surface area contributed by atoms with Gasteiger partial charge in [0.25, 0.3) is 0 Å². The molecule has 0 N–H and O–H groups in total. The van der Waals surface area contributed by atoms with Gasteiger partial charge in [-0.1, -0.05) is 38.2 Å². The SMILES string of the molecule is C=CCCCCCCCCCOC(=O)[C@@H]1CCCN1C(=O)OC. The van der Waals surface area contributed by atoms with E-state index in [0.717, 1.165) is 25.7 Å². The van der Waals surface area contributed by atoms with Crippen molar-refractivity contribution in [3.8, 4) is 0 Å². The van der Waals surface area contributed by atoms with Crippen LogP contribution in [-0.2, 0) is 14.3 Å². The van der Waals surface area contributed by atoms with Gasteiger partial charge in [-0.2, -0.15) is 0 Å². The number of amides is 1. The van der Waals surface area contributed by atoms with Crippen molar-refractivity contribution < 1.29 is 19.1 Å². The molecule has 0 spiro atoms. The predicted molar refractivity (Wildman–Crippen MR) is 90.2 cm³/mol. The first kappa shape index (κ1) is 19.5. The number of allylic oxidation sites excluding steroid dienone is 1. The molecule has 5 heteroatoms. The van der Waals surface area contributed by atoms with Crippen LogP contribution in [0.4, 0.5) is 4.79 Å². The molecule has 0 radical (unpaired) electrons. The maximum atomic E-state index is 12.0.